The number of ether oxygens (including phenoxy) is 3. The Morgan fingerprint density at radius 1 is 0.400 bits per heavy atom. The second kappa shape index (κ2) is 44.5. The number of nitrogens with one attached hydrogen (secondary N) is 6. The number of amides is 3. The van der Waals surface area contributed by atoms with Crippen LogP contribution in [0.5, 0.6) is 17.2 Å². The van der Waals surface area contributed by atoms with Gasteiger partial charge >= 0.3 is 36.4 Å². The van der Waals surface area contributed by atoms with Crippen molar-refractivity contribution in [2.75, 3.05) is 42.0 Å². The van der Waals surface area contributed by atoms with Gasteiger partial charge in [-0.25, -0.2) is 40.7 Å². The van der Waals surface area contributed by atoms with Gasteiger partial charge in [-0.3, -0.25) is 28.8 Å². The van der Waals surface area contributed by atoms with E-state index in [9.17, 15) is 128 Å². The number of carbonyl (C=O) groups excluding carboxylic acids is 3. The van der Waals surface area contributed by atoms with E-state index in [1.54, 1.807) is 20.8 Å². The summed E-state index contributed by atoms with van der Waals surface area (Å²) in [6, 6.07) is 10.9. The molecule has 3 aromatic heterocycles. The maximum Gasteiger partial charge on any atom is 0.417 e. The number of aryl methyl sites for hydroxylation is 3. The maximum absolute atomic E-state index is 14.8. The highest BCUT2D eigenvalue weighted by Gasteiger charge is 2.43. The zero-order chi connectivity index (χ0) is 100. The quantitative estimate of drug-likeness (QED) is 0.0216. The molecule has 9 aromatic rings. The van der Waals surface area contributed by atoms with Crippen LogP contribution in [0, 0.1) is 55.7 Å². The Morgan fingerprint density at radius 3 is 0.807 bits per heavy atom. The molecule has 6 heterocycles. The zero-order valence-corrected chi connectivity index (χ0v) is 76.1. The van der Waals surface area contributed by atoms with Crippen LogP contribution in [0.4, 0.5) is 86.8 Å². The molecule has 0 fully saturated rings. The van der Waals surface area contributed by atoms with Gasteiger partial charge in [0, 0.05) is 128 Å². The van der Waals surface area contributed by atoms with E-state index in [4.69, 9.17) is 14.2 Å². The number of fused-ring (bicyclic) bond motifs is 3. The number of anilines is 3. The highest BCUT2D eigenvalue weighted by Crippen LogP contribution is 2.47. The number of halogens is 16. The molecule has 6 aromatic carbocycles. The van der Waals surface area contributed by atoms with E-state index in [0.29, 0.717) is 91.2 Å². The van der Waals surface area contributed by atoms with E-state index < -0.39 is 174 Å². The van der Waals surface area contributed by atoms with Gasteiger partial charge in [0.1, 0.15) is 87.0 Å². The number of rotatable bonds is 27. The molecule has 3 amide bonds. The highest BCUT2D eigenvalue weighted by molar-refractivity contribution is 7.93. The molecule has 0 saturated carbocycles. The smallest absolute Gasteiger partial charge is 0.417 e. The number of alkyl halides is 9. The first kappa shape index (κ1) is 106. The molecule has 0 unspecified atom stereocenters. The first-order valence-corrected chi connectivity index (χ1v) is 43.6. The van der Waals surface area contributed by atoms with E-state index in [1.807, 2.05) is 20.8 Å². The monoisotopic (exact) mass is 1930 g/mol. The second-order valence-corrected chi connectivity index (χ2v) is 32.9. The van der Waals surface area contributed by atoms with Gasteiger partial charge in [-0.1, -0.05) is 57.2 Å². The number of nitrogens with zero attached hydrogens (tertiary/aromatic N) is 3. The van der Waals surface area contributed by atoms with Gasteiger partial charge in [-0.2, -0.15) is 43.4 Å². The standard InChI is InChI=1S/3C31H32F5N3O5.CH3FS/c3*1-5-15(2)37-18-13-22(32)26(23(33)14-18)28(40)38-24(30(42)43)12-17-8-9-20(27-19(17)7-6-10-44-27)25-21(31(34,35)36)11-16(3)39(4)29(25)41;1-3-2/h3*8-9,11,13-15,24,37H,5-7,10,12H2,1-4H3,(H,38,40)(H,42,43);1H3/t3*15-,24-;/m000./s1. The maximum atomic E-state index is 14.8. The predicted octanol–water partition coefficient (Wildman–Crippen LogP) is 18.1. The summed E-state index contributed by atoms with van der Waals surface area (Å²) < 4.78 is 246. The van der Waals surface area contributed by atoms with Crippen LogP contribution in [0.15, 0.2) is 105 Å². The number of hydrogen-bond donors (Lipinski definition) is 9. The van der Waals surface area contributed by atoms with Gasteiger partial charge in [-0.15, -0.1) is 0 Å². The molecule has 0 radical (unpaired) electrons. The summed E-state index contributed by atoms with van der Waals surface area (Å²) in [5.41, 5.74) is -8.25. The predicted molar refractivity (Wildman–Crippen MR) is 474 cm³/mol. The number of benzene rings is 6. The number of pyridine rings is 3. The summed E-state index contributed by atoms with van der Waals surface area (Å²) in [4.78, 5) is 115. The van der Waals surface area contributed by atoms with Crippen molar-refractivity contribution < 1.29 is 128 Å². The van der Waals surface area contributed by atoms with E-state index in [1.165, 1.54) is 84.6 Å². The molecular formula is C94H99F16N9O15S. The molecule has 728 valence electrons. The van der Waals surface area contributed by atoms with E-state index >= 15 is 0 Å². The third-order valence-corrected chi connectivity index (χ3v) is 23.2. The van der Waals surface area contributed by atoms with E-state index in [0.717, 1.165) is 68.3 Å². The molecule has 0 saturated heterocycles. The van der Waals surface area contributed by atoms with Gasteiger partial charge in [0.05, 0.1) is 53.2 Å². The lowest BCUT2D eigenvalue weighted by Crippen LogP contribution is -2.43. The normalized spacial score (nSPS) is 14.1. The minimum absolute atomic E-state index is 0.0113. The molecule has 12 rings (SSSR count). The van der Waals surface area contributed by atoms with Crippen molar-refractivity contribution in [1.29, 1.82) is 0 Å². The molecule has 135 heavy (non-hydrogen) atoms. The SMILES string of the molecule is CC[C@H](C)Nc1cc(F)c(C(=O)N[C@@H](Cc2ccc(-c3c(C(F)(F)F)cc(C)n(C)c3=O)c3c2CCCO3)C(=O)O)c(F)c1.CC[C@H](C)Nc1cc(F)c(C(=O)N[C@@H](Cc2ccc(-c3c(C(F)(F)F)cc(C)n(C)c3=O)c3c2CCCO3)C(=O)O)c(F)c1.CC[C@H](C)Nc1cc(F)c(C(=O)N[C@@H](Cc2ccc(-c3c(C(F)(F)F)cc(C)n(C)c3=O)c3c2CCCO3)C(=O)O)c(F)c1.CSF. The van der Waals surface area contributed by atoms with Crippen LogP contribution in [0.2, 0.25) is 0 Å². The third-order valence-electron chi connectivity index (χ3n) is 23.2. The summed E-state index contributed by atoms with van der Waals surface area (Å²) in [5, 5.41) is 44.8. The topological polar surface area (TPSA) is 329 Å². The lowest BCUT2D eigenvalue weighted by Gasteiger charge is -2.26. The van der Waals surface area contributed by atoms with Gasteiger partial charge in [0.15, 0.2) is 0 Å². The molecule has 41 heteroatoms. The van der Waals surface area contributed by atoms with Crippen molar-refractivity contribution in [3.05, 3.63) is 241 Å². The fourth-order valence-corrected chi connectivity index (χ4v) is 15.4. The van der Waals surface area contributed by atoms with Gasteiger partial charge in [0.2, 0.25) is 0 Å². The minimum Gasteiger partial charge on any atom is -0.493 e. The summed E-state index contributed by atoms with van der Waals surface area (Å²) >= 11 is 0.250. The molecule has 3 aliphatic rings. The first-order chi connectivity index (χ1) is 63.3. The minimum atomic E-state index is -4.85. The average molecular weight is 1930 g/mol. The fraction of sp³-hybridized carbons (Fsp3) is 0.394. The van der Waals surface area contributed by atoms with Crippen LogP contribution in [-0.4, -0.2) is 127 Å². The number of aliphatic carboxylic acids is 3. The number of hydrogen-bond acceptors (Lipinski definition) is 16. The Kier molecular flexibility index (Phi) is 34.8. The first-order valence-electron chi connectivity index (χ1n) is 42.5. The number of carboxylic acids is 3. The van der Waals surface area contributed by atoms with Crippen LogP contribution in [0.25, 0.3) is 33.4 Å². The summed E-state index contributed by atoms with van der Waals surface area (Å²) in [7, 11) is 4.06. The molecule has 3 aliphatic heterocycles. The van der Waals surface area contributed by atoms with Gasteiger partial charge in [0.25, 0.3) is 34.4 Å². The van der Waals surface area contributed by atoms with Gasteiger partial charge < -0.3 is 75.1 Å². The van der Waals surface area contributed by atoms with E-state index in [-0.39, 0.29) is 137 Å². The number of carboxylic acid groups (broad SMARTS) is 3. The lowest BCUT2D eigenvalue weighted by atomic mass is 9.89. The van der Waals surface area contributed by atoms with E-state index in [2.05, 4.69) is 31.9 Å². The average Bonchev–Trinajstić information content (AvgIpc) is 0.754. The molecule has 9 N–H and O–H groups in total. The van der Waals surface area contributed by atoms with Crippen molar-refractivity contribution in [3.8, 4) is 50.6 Å². The van der Waals surface area contributed by atoms with Crippen LogP contribution >= 0.6 is 12.1 Å². The van der Waals surface area contributed by atoms with Crippen molar-refractivity contribution >= 4 is 64.8 Å². The van der Waals surface area contributed by atoms with Crippen molar-refractivity contribution in [3.63, 3.8) is 0 Å². The molecular weight excluding hydrogens is 1830 g/mol. The summed E-state index contributed by atoms with van der Waals surface area (Å²) in [5.74, 6) is -15.5. The lowest BCUT2D eigenvalue weighted by molar-refractivity contribution is -0.140. The van der Waals surface area contributed by atoms with Crippen LogP contribution in [0.3, 0.4) is 0 Å². The van der Waals surface area contributed by atoms with Gasteiger partial charge in [-0.05, 0) is 187 Å². The van der Waals surface area contributed by atoms with Crippen molar-refractivity contribution in [2.45, 2.75) is 194 Å². The Hall–Kier alpha value is -13.0. The van der Waals surface area contributed by atoms with Crippen molar-refractivity contribution in [2.24, 2.45) is 21.1 Å². The van der Waals surface area contributed by atoms with Crippen molar-refractivity contribution in [1.82, 2.24) is 29.7 Å². The molecule has 24 nitrogen and oxygen atoms in total. The molecule has 0 aliphatic carbocycles. The zero-order valence-electron chi connectivity index (χ0n) is 75.3. The summed E-state index contributed by atoms with van der Waals surface area (Å²) in [6.07, 6.45) is -10.0. The molecule has 0 spiro atoms. The molecule has 6 atom stereocenters. The van der Waals surface area contributed by atoms with Crippen LogP contribution < -0.4 is 62.8 Å². The number of aromatic nitrogens is 3. The number of carbonyl (C=O) groups is 6. The fourth-order valence-electron chi connectivity index (χ4n) is 15.4. The Labute approximate surface area is 767 Å². The molecule has 0 bridgehead atoms. The Morgan fingerprint density at radius 2 is 0.615 bits per heavy atom. The second-order valence-electron chi connectivity index (χ2n) is 32.6. The van der Waals surface area contributed by atoms with Crippen LogP contribution in [0.1, 0.15) is 178 Å². The Bertz CT molecular complexity index is 5550. The summed E-state index contributed by atoms with van der Waals surface area (Å²) in [6.45, 7) is 15.6. The highest BCUT2D eigenvalue weighted by atomic mass is 32.2. The largest absolute Gasteiger partial charge is 0.493 e. The Balaban J connectivity index is 0.000000224. The third kappa shape index (κ3) is 24.8. The van der Waals surface area contributed by atoms with Crippen LogP contribution in [-0.2, 0) is 92.6 Å².